The molecule has 0 aliphatic heterocycles. The van der Waals surface area contributed by atoms with Crippen LogP contribution < -0.4 is 4.90 Å². The first-order valence-corrected chi connectivity index (χ1v) is 6.40. The van der Waals surface area contributed by atoms with E-state index in [4.69, 9.17) is 11.6 Å². The predicted molar refractivity (Wildman–Crippen MR) is 76.1 cm³/mol. The molecule has 1 amide bonds. The number of aromatic nitrogens is 1. The largest absolute Gasteiger partial charge is 0.311 e. The van der Waals surface area contributed by atoms with Gasteiger partial charge in [-0.2, -0.15) is 0 Å². The van der Waals surface area contributed by atoms with Crippen molar-refractivity contribution in [1.82, 2.24) is 4.98 Å². The second-order valence-corrected chi connectivity index (χ2v) is 4.96. The smallest absolute Gasteiger partial charge is 0.258 e. The van der Waals surface area contributed by atoms with E-state index < -0.39 is 0 Å². The molecule has 1 heterocycles. The Hall–Kier alpha value is -1.39. The molecule has 18 heavy (non-hydrogen) atoms. The highest BCUT2D eigenvalue weighted by molar-refractivity contribution is 9.10. The Bertz CT molecular complexity index is 574. The first kappa shape index (κ1) is 13.1. The van der Waals surface area contributed by atoms with Gasteiger partial charge in [0.1, 0.15) is 0 Å². The minimum absolute atomic E-state index is 0.0985. The van der Waals surface area contributed by atoms with Gasteiger partial charge in [-0.25, -0.2) is 0 Å². The zero-order chi connectivity index (χ0) is 13.1. The first-order valence-electron chi connectivity index (χ1n) is 5.22. The summed E-state index contributed by atoms with van der Waals surface area (Å²) in [5, 5.41) is 0.582. The van der Waals surface area contributed by atoms with Crippen molar-refractivity contribution in [1.29, 1.82) is 0 Å². The van der Waals surface area contributed by atoms with E-state index in [1.54, 1.807) is 54.7 Å². The molecule has 0 atom stereocenters. The molecule has 0 saturated carbocycles. The molecule has 0 unspecified atom stereocenters. The fourth-order valence-electron chi connectivity index (χ4n) is 1.51. The number of hydrogen-bond donors (Lipinski definition) is 0. The van der Waals surface area contributed by atoms with Crippen LogP contribution >= 0.6 is 27.5 Å². The highest BCUT2D eigenvalue weighted by Gasteiger charge is 2.14. The van der Waals surface area contributed by atoms with Gasteiger partial charge in [0.2, 0.25) is 0 Å². The van der Waals surface area contributed by atoms with E-state index in [0.717, 1.165) is 5.69 Å². The Morgan fingerprint density at radius 1 is 1.28 bits per heavy atom. The van der Waals surface area contributed by atoms with Gasteiger partial charge in [-0.1, -0.05) is 11.6 Å². The van der Waals surface area contributed by atoms with Crippen LogP contribution in [0.25, 0.3) is 0 Å². The summed E-state index contributed by atoms with van der Waals surface area (Å²) in [5.74, 6) is -0.0985. The molecule has 0 bridgehead atoms. The van der Waals surface area contributed by atoms with Crippen LogP contribution in [0.4, 0.5) is 5.69 Å². The SMILES string of the molecule is CN(C(=O)c1ccc(Cl)c(Br)c1)c1ccncc1. The van der Waals surface area contributed by atoms with Gasteiger partial charge < -0.3 is 4.90 Å². The van der Waals surface area contributed by atoms with Gasteiger partial charge in [0.25, 0.3) is 5.91 Å². The Kier molecular flexibility index (Phi) is 3.99. The van der Waals surface area contributed by atoms with Crippen LogP contribution in [0.3, 0.4) is 0 Å². The molecule has 2 rings (SSSR count). The third kappa shape index (κ3) is 2.71. The Morgan fingerprint density at radius 3 is 2.56 bits per heavy atom. The molecule has 1 aromatic heterocycles. The minimum atomic E-state index is -0.0985. The number of amides is 1. The maximum atomic E-state index is 12.3. The summed E-state index contributed by atoms with van der Waals surface area (Å²) in [6.45, 7) is 0. The third-order valence-corrected chi connectivity index (χ3v) is 3.74. The second kappa shape index (κ2) is 5.50. The summed E-state index contributed by atoms with van der Waals surface area (Å²) in [4.78, 5) is 17.7. The first-order chi connectivity index (χ1) is 8.59. The number of rotatable bonds is 2. The summed E-state index contributed by atoms with van der Waals surface area (Å²) in [6.07, 6.45) is 3.30. The van der Waals surface area contributed by atoms with Gasteiger partial charge >= 0.3 is 0 Å². The molecule has 0 fully saturated rings. The van der Waals surface area contributed by atoms with Gasteiger partial charge in [0.15, 0.2) is 0 Å². The maximum Gasteiger partial charge on any atom is 0.258 e. The second-order valence-electron chi connectivity index (χ2n) is 3.70. The van der Waals surface area contributed by atoms with Crippen LogP contribution in [-0.4, -0.2) is 17.9 Å². The molecule has 0 saturated heterocycles. The van der Waals surface area contributed by atoms with Gasteiger partial charge in [0.05, 0.1) is 5.02 Å². The molecule has 5 heteroatoms. The lowest BCUT2D eigenvalue weighted by Crippen LogP contribution is -2.26. The molecule has 0 aliphatic carbocycles. The van der Waals surface area contributed by atoms with Crippen molar-refractivity contribution in [2.24, 2.45) is 0 Å². The average molecular weight is 326 g/mol. The molecular formula is C13H10BrClN2O. The zero-order valence-electron chi connectivity index (χ0n) is 9.60. The van der Waals surface area contributed by atoms with Crippen molar-refractivity contribution < 1.29 is 4.79 Å². The maximum absolute atomic E-state index is 12.3. The zero-order valence-corrected chi connectivity index (χ0v) is 11.9. The van der Waals surface area contributed by atoms with Crippen molar-refractivity contribution in [3.63, 3.8) is 0 Å². The summed E-state index contributed by atoms with van der Waals surface area (Å²) >= 11 is 9.21. The number of carbonyl (C=O) groups is 1. The fourth-order valence-corrected chi connectivity index (χ4v) is 2.00. The molecule has 0 aliphatic rings. The van der Waals surface area contributed by atoms with Crippen molar-refractivity contribution >= 4 is 39.1 Å². The van der Waals surface area contributed by atoms with E-state index in [9.17, 15) is 4.79 Å². The van der Waals surface area contributed by atoms with Gasteiger partial charge in [-0.3, -0.25) is 9.78 Å². The van der Waals surface area contributed by atoms with Gasteiger partial charge in [-0.15, -0.1) is 0 Å². The van der Waals surface area contributed by atoms with Crippen LogP contribution in [0.2, 0.25) is 5.02 Å². The van der Waals surface area contributed by atoms with Crippen LogP contribution in [-0.2, 0) is 0 Å². The van der Waals surface area contributed by atoms with Crippen LogP contribution in [0.5, 0.6) is 0 Å². The van der Waals surface area contributed by atoms with Crippen molar-refractivity contribution in [2.45, 2.75) is 0 Å². The third-order valence-electron chi connectivity index (χ3n) is 2.52. The average Bonchev–Trinajstić information content (AvgIpc) is 2.41. The number of pyridine rings is 1. The molecule has 2 aromatic rings. The van der Waals surface area contributed by atoms with Gasteiger partial charge in [0, 0.05) is 35.2 Å². The molecule has 1 aromatic carbocycles. The Morgan fingerprint density at radius 2 is 1.94 bits per heavy atom. The fraction of sp³-hybridized carbons (Fsp3) is 0.0769. The number of carbonyl (C=O) groups excluding carboxylic acids is 1. The highest BCUT2D eigenvalue weighted by Crippen LogP contribution is 2.24. The Labute approximate surface area is 119 Å². The molecule has 92 valence electrons. The number of hydrogen-bond acceptors (Lipinski definition) is 2. The monoisotopic (exact) mass is 324 g/mol. The van der Waals surface area contributed by atoms with E-state index in [-0.39, 0.29) is 5.91 Å². The molecule has 0 radical (unpaired) electrons. The number of nitrogens with zero attached hydrogens (tertiary/aromatic N) is 2. The van der Waals surface area contributed by atoms with Crippen LogP contribution in [0.1, 0.15) is 10.4 Å². The van der Waals surface area contributed by atoms with Crippen molar-refractivity contribution in [3.05, 3.63) is 57.8 Å². The van der Waals surface area contributed by atoms with E-state index in [1.165, 1.54) is 0 Å². The van der Waals surface area contributed by atoms with Crippen LogP contribution in [0.15, 0.2) is 47.2 Å². The predicted octanol–water partition coefficient (Wildman–Crippen LogP) is 3.77. The lowest BCUT2D eigenvalue weighted by atomic mass is 10.2. The van der Waals surface area contributed by atoms with Crippen molar-refractivity contribution in [3.8, 4) is 0 Å². The number of anilines is 1. The quantitative estimate of drug-likeness (QED) is 0.842. The lowest BCUT2D eigenvalue weighted by molar-refractivity contribution is 0.0993. The highest BCUT2D eigenvalue weighted by atomic mass is 79.9. The molecule has 3 nitrogen and oxygen atoms in total. The Balaban J connectivity index is 2.29. The lowest BCUT2D eigenvalue weighted by Gasteiger charge is -2.17. The summed E-state index contributed by atoms with van der Waals surface area (Å²) in [5.41, 5.74) is 1.37. The summed E-state index contributed by atoms with van der Waals surface area (Å²) in [7, 11) is 1.72. The summed E-state index contributed by atoms with van der Waals surface area (Å²) < 4.78 is 0.707. The summed E-state index contributed by atoms with van der Waals surface area (Å²) in [6, 6.07) is 8.67. The molecule has 0 spiro atoms. The number of halogens is 2. The minimum Gasteiger partial charge on any atom is -0.311 e. The van der Waals surface area contributed by atoms with Crippen molar-refractivity contribution in [2.75, 3.05) is 11.9 Å². The molecule has 0 N–H and O–H groups in total. The van der Waals surface area contributed by atoms with Crippen LogP contribution in [0, 0.1) is 0 Å². The van der Waals surface area contributed by atoms with E-state index in [1.807, 2.05) is 0 Å². The van der Waals surface area contributed by atoms with E-state index in [0.29, 0.717) is 15.1 Å². The van der Waals surface area contributed by atoms with E-state index in [2.05, 4.69) is 20.9 Å². The normalized spacial score (nSPS) is 10.2. The van der Waals surface area contributed by atoms with E-state index >= 15 is 0 Å². The van der Waals surface area contributed by atoms with Gasteiger partial charge in [-0.05, 0) is 46.3 Å². The topological polar surface area (TPSA) is 33.2 Å². The number of benzene rings is 1. The molecular weight excluding hydrogens is 316 g/mol. The standard InChI is InChI=1S/C13H10BrClN2O/c1-17(10-4-6-16-7-5-10)13(18)9-2-3-12(15)11(14)8-9/h2-8H,1H3.